The van der Waals surface area contributed by atoms with Gasteiger partial charge in [-0.25, -0.2) is 0 Å². The maximum absolute atomic E-state index is 12.1. The average molecular weight is 396 g/mol. The van der Waals surface area contributed by atoms with Crippen molar-refractivity contribution in [2.75, 3.05) is 27.3 Å². The summed E-state index contributed by atoms with van der Waals surface area (Å²) in [5.41, 5.74) is 3.08. The molecule has 0 saturated carbocycles. The van der Waals surface area contributed by atoms with E-state index in [4.69, 9.17) is 4.74 Å². The molecule has 3 rings (SSSR count). The van der Waals surface area contributed by atoms with Crippen molar-refractivity contribution in [2.24, 2.45) is 0 Å². The van der Waals surface area contributed by atoms with Gasteiger partial charge in [0.1, 0.15) is 5.75 Å². The Morgan fingerprint density at radius 2 is 1.72 bits per heavy atom. The molecule has 1 aliphatic rings. The van der Waals surface area contributed by atoms with Crippen molar-refractivity contribution >= 4 is 11.8 Å². The molecule has 1 fully saturated rings. The van der Waals surface area contributed by atoms with E-state index < -0.39 is 0 Å². The molecule has 0 aliphatic carbocycles. The van der Waals surface area contributed by atoms with Crippen LogP contribution in [0.2, 0.25) is 0 Å². The Kier molecular flexibility index (Phi) is 6.23. The van der Waals surface area contributed by atoms with Gasteiger partial charge in [0, 0.05) is 38.9 Å². The van der Waals surface area contributed by atoms with E-state index >= 15 is 0 Å². The Hall–Kier alpha value is -2.86. The molecule has 0 unspecified atom stereocenters. The molecule has 6 heteroatoms. The molecule has 154 valence electrons. The molecule has 2 aromatic carbocycles. The van der Waals surface area contributed by atoms with Gasteiger partial charge in [-0.1, -0.05) is 42.5 Å². The number of hydrogen-bond donors (Lipinski definition) is 1. The highest BCUT2D eigenvalue weighted by atomic mass is 16.5. The van der Waals surface area contributed by atoms with E-state index in [9.17, 15) is 14.7 Å². The second-order valence-corrected chi connectivity index (χ2v) is 7.49. The fraction of sp³-hybridized carbons (Fsp3) is 0.391. The number of para-hydroxylation sites is 1. The monoisotopic (exact) mass is 396 g/mol. The van der Waals surface area contributed by atoms with Crippen LogP contribution in [0.1, 0.15) is 25.3 Å². The summed E-state index contributed by atoms with van der Waals surface area (Å²) in [5, 5.41) is 9.91. The molecule has 1 aliphatic heterocycles. The Bertz CT molecular complexity index is 881. The number of aliphatic hydroxyl groups excluding tert-OH is 1. The van der Waals surface area contributed by atoms with E-state index in [1.807, 2.05) is 48.5 Å². The summed E-state index contributed by atoms with van der Waals surface area (Å²) in [6, 6.07) is 15.5. The van der Waals surface area contributed by atoms with Crippen molar-refractivity contribution in [1.29, 1.82) is 0 Å². The van der Waals surface area contributed by atoms with Gasteiger partial charge >= 0.3 is 0 Å². The number of benzene rings is 2. The van der Waals surface area contributed by atoms with E-state index in [0.29, 0.717) is 6.54 Å². The number of rotatable bonds is 6. The van der Waals surface area contributed by atoms with Gasteiger partial charge in [-0.2, -0.15) is 0 Å². The van der Waals surface area contributed by atoms with Crippen LogP contribution in [0, 0.1) is 0 Å². The fourth-order valence-corrected chi connectivity index (χ4v) is 4.24. The van der Waals surface area contributed by atoms with Crippen LogP contribution < -0.4 is 4.74 Å². The van der Waals surface area contributed by atoms with Crippen LogP contribution >= 0.6 is 0 Å². The van der Waals surface area contributed by atoms with Crippen molar-refractivity contribution in [3.63, 3.8) is 0 Å². The van der Waals surface area contributed by atoms with Gasteiger partial charge in [-0.05, 0) is 17.2 Å². The van der Waals surface area contributed by atoms with Gasteiger partial charge < -0.3 is 19.6 Å². The number of carbonyl (C=O) groups excluding carboxylic acids is 2. The third-order valence-electron chi connectivity index (χ3n) is 5.81. The van der Waals surface area contributed by atoms with Crippen molar-refractivity contribution in [1.82, 2.24) is 9.80 Å². The second-order valence-electron chi connectivity index (χ2n) is 7.49. The smallest absolute Gasteiger partial charge is 0.220 e. The van der Waals surface area contributed by atoms with E-state index in [1.165, 1.54) is 13.8 Å². The summed E-state index contributed by atoms with van der Waals surface area (Å²) < 4.78 is 5.45. The number of likely N-dealkylation sites (N-methyl/N-ethyl adjacent to an activating group) is 1. The van der Waals surface area contributed by atoms with Crippen molar-refractivity contribution in [3.8, 4) is 16.9 Å². The highest BCUT2D eigenvalue weighted by Gasteiger charge is 2.50. The minimum absolute atomic E-state index is 0.0302. The van der Waals surface area contributed by atoms with Gasteiger partial charge in [0.2, 0.25) is 11.8 Å². The van der Waals surface area contributed by atoms with Gasteiger partial charge in [0.05, 0.1) is 25.8 Å². The fourth-order valence-electron chi connectivity index (χ4n) is 4.24. The molecule has 0 aromatic heterocycles. The summed E-state index contributed by atoms with van der Waals surface area (Å²) in [6.45, 7) is 3.34. The molecule has 0 bridgehead atoms. The summed E-state index contributed by atoms with van der Waals surface area (Å²) in [7, 11) is 3.38. The number of nitrogens with zero attached hydrogens (tertiary/aromatic N) is 2. The third kappa shape index (κ3) is 3.98. The number of ether oxygens (including phenoxy) is 1. The first-order valence-corrected chi connectivity index (χ1v) is 9.73. The first-order valence-electron chi connectivity index (χ1n) is 9.73. The Balaban J connectivity index is 1.90. The summed E-state index contributed by atoms with van der Waals surface area (Å²) in [6.07, 6.45) is 0. The van der Waals surface area contributed by atoms with E-state index in [0.717, 1.165) is 22.4 Å². The maximum atomic E-state index is 12.1. The normalized spacial score (nSPS) is 20.7. The minimum atomic E-state index is -0.282. The van der Waals surface area contributed by atoms with E-state index in [-0.39, 0.29) is 36.4 Å². The molecule has 2 aromatic rings. The van der Waals surface area contributed by atoms with Crippen LogP contribution in [0.4, 0.5) is 0 Å². The third-order valence-corrected chi connectivity index (χ3v) is 5.81. The predicted molar refractivity (Wildman–Crippen MR) is 112 cm³/mol. The topological polar surface area (TPSA) is 70.1 Å². The molecule has 0 radical (unpaired) electrons. The highest BCUT2D eigenvalue weighted by Crippen LogP contribution is 2.42. The van der Waals surface area contributed by atoms with Crippen molar-refractivity contribution < 1.29 is 19.4 Å². The predicted octanol–water partition coefficient (Wildman–Crippen LogP) is 2.52. The summed E-state index contributed by atoms with van der Waals surface area (Å²) in [4.78, 5) is 27.2. The van der Waals surface area contributed by atoms with Crippen LogP contribution in [0.5, 0.6) is 5.75 Å². The first-order chi connectivity index (χ1) is 13.9. The van der Waals surface area contributed by atoms with Gasteiger partial charge in [-0.15, -0.1) is 0 Å². The minimum Gasteiger partial charge on any atom is -0.496 e. The van der Waals surface area contributed by atoms with Gasteiger partial charge in [0.15, 0.2) is 0 Å². The number of hydrogen-bond acceptors (Lipinski definition) is 4. The molecule has 3 atom stereocenters. The Morgan fingerprint density at radius 3 is 2.28 bits per heavy atom. The standard InChI is InChI=1S/C23H28N2O4/c1-15(27)24(3)13-20-23(21(14-26)25(20)16(2)28)18-11-9-17(10-12-18)19-7-5-6-8-22(19)29-4/h5-12,20-21,23,26H,13-14H2,1-4H3/t20-,21+,23+/m0/s1. The maximum Gasteiger partial charge on any atom is 0.220 e. The molecule has 1 saturated heterocycles. The van der Waals surface area contributed by atoms with Crippen LogP contribution in [0.3, 0.4) is 0 Å². The Morgan fingerprint density at radius 1 is 1.07 bits per heavy atom. The van der Waals surface area contributed by atoms with E-state index in [1.54, 1.807) is 24.0 Å². The summed E-state index contributed by atoms with van der Waals surface area (Å²) >= 11 is 0. The molecule has 1 N–H and O–H groups in total. The zero-order valence-electron chi connectivity index (χ0n) is 17.3. The lowest BCUT2D eigenvalue weighted by molar-refractivity contribution is -0.151. The largest absolute Gasteiger partial charge is 0.496 e. The van der Waals surface area contributed by atoms with Crippen LogP contribution in [0.15, 0.2) is 48.5 Å². The molecule has 1 heterocycles. The van der Waals surface area contributed by atoms with Crippen LogP contribution in [-0.2, 0) is 9.59 Å². The van der Waals surface area contributed by atoms with Gasteiger partial charge in [0.25, 0.3) is 0 Å². The van der Waals surface area contributed by atoms with Crippen LogP contribution in [0.25, 0.3) is 11.1 Å². The molecular weight excluding hydrogens is 368 g/mol. The number of likely N-dealkylation sites (tertiary alicyclic amines) is 1. The number of carbonyl (C=O) groups is 2. The van der Waals surface area contributed by atoms with Crippen LogP contribution in [-0.4, -0.2) is 66.1 Å². The molecule has 29 heavy (non-hydrogen) atoms. The second kappa shape index (κ2) is 8.66. The lowest BCUT2D eigenvalue weighted by Gasteiger charge is -2.55. The quantitative estimate of drug-likeness (QED) is 0.815. The number of aliphatic hydroxyl groups is 1. The number of amides is 2. The van der Waals surface area contributed by atoms with Crippen molar-refractivity contribution in [3.05, 3.63) is 54.1 Å². The van der Waals surface area contributed by atoms with E-state index in [2.05, 4.69) is 0 Å². The molecular formula is C23H28N2O4. The SMILES string of the molecule is COc1ccccc1-c1ccc([C@H]2[C@@H](CO)N(C(C)=O)[C@H]2CN(C)C(C)=O)cc1. The number of methoxy groups -OCH3 is 1. The molecule has 0 spiro atoms. The van der Waals surface area contributed by atoms with Crippen molar-refractivity contribution in [2.45, 2.75) is 31.8 Å². The Labute approximate surface area is 171 Å². The zero-order chi connectivity index (χ0) is 21.1. The average Bonchev–Trinajstić information content (AvgIpc) is 2.70. The zero-order valence-corrected chi connectivity index (χ0v) is 17.3. The molecule has 2 amide bonds. The highest BCUT2D eigenvalue weighted by molar-refractivity contribution is 5.77. The first kappa shape index (κ1) is 20.9. The lowest BCUT2D eigenvalue weighted by Crippen LogP contribution is -2.68. The molecule has 6 nitrogen and oxygen atoms in total. The summed E-state index contributed by atoms with van der Waals surface area (Å²) in [5.74, 6) is 0.636. The van der Waals surface area contributed by atoms with Gasteiger partial charge in [-0.3, -0.25) is 9.59 Å². The lowest BCUT2D eigenvalue weighted by atomic mass is 9.74.